The van der Waals surface area contributed by atoms with Gasteiger partial charge in [0, 0.05) is 25.6 Å². The van der Waals surface area contributed by atoms with Crippen LogP contribution in [0.3, 0.4) is 0 Å². The second kappa shape index (κ2) is 13.1. The van der Waals surface area contributed by atoms with Crippen LogP contribution in [0.5, 0.6) is 0 Å². The molecule has 2 amide bonds. The molecule has 4 N–H and O–H groups in total. The highest BCUT2D eigenvalue weighted by Gasteiger charge is 2.31. The first kappa shape index (κ1) is 27.7. The van der Waals surface area contributed by atoms with Gasteiger partial charge in [0.1, 0.15) is 5.60 Å². The first-order valence-electron chi connectivity index (χ1n) is 10.5. The van der Waals surface area contributed by atoms with Gasteiger partial charge in [-0.25, -0.2) is 4.79 Å². The van der Waals surface area contributed by atoms with Crippen molar-refractivity contribution < 1.29 is 14.3 Å². The van der Waals surface area contributed by atoms with Crippen molar-refractivity contribution in [1.82, 2.24) is 21.3 Å². The molecule has 0 unspecified atom stereocenters. The zero-order valence-corrected chi connectivity index (χ0v) is 21.1. The fourth-order valence-electron chi connectivity index (χ4n) is 2.64. The van der Waals surface area contributed by atoms with Crippen LogP contribution in [0, 0.1) is 5.92 Å². The minimum absolute atomic E-state index is 0. The third-order valence-electron chi connectivity index (χ3n) is 4.67. The highest BCUT2D eigenvalue weighted by molar-refractivity contribution is 14.0. The Morgan fingerprint density at radius 3 is 2.07 bits per heavy atom. The summed E-state index contributed by atoms with van der Waals surface area (Å²) in [6.07, 6.45) is 3.06. The molecule has 9 heteroatoms. The van der Waals surface area contributed by atoms with E-state index in [1.54, 1.807) is 0 Å². The number of aliphatic imine (C=N–C) groups is 1. The molecule has 0 atom stereocenters. The SMILES string of the molecule is CCNC(=NCC(CC)(CC)NC(=O)OC(C)(C)C)NCCNC(=O)C1CC1.I. The molecule has 0 heterocycles. The van der Waals surface area contributed by atoms with E-state index < -0.39 is 17.2 Å². The van der Waals surface area contributed by atoms with Crippen LogP contribution in [0.15, 0.2) is 4.99 Å². The molecule has 1 aliphatic carbocycles. The van der Waals surface area contributed by atoms with Crippen molar-refractivity contribution in [2.24, 2.45) is 10.9 Å². The van der Waals surface area contributed by atoms with Crippen LogP contribution in [0.2, 0.25) is 0 Å². The number of carbonyl (C=O) groups is 2. The first-order chi connectivity index (χ1) is 13.1. The van der Waals surface area contributed by atoms with Crippen LogP contribution >= 0.6 is 24.0 Å². The maximum Gasteiger partial charge on any atom is 0.408 e. The van der Waals surface area contributed by atoms with Crippen molar-refractivity contribution in [3.63, 3.8) is 0 Å². The molecule has 0 bridgehead atoms. The number of rotatable bonds is 10. The van der Waals surface area contributed by atoms with Gasteiger partial charge in [0.15, 0.2) is 5.96 Å². The summed E-state index contributed by atoms with van der Waals surface area (Å²) < 4.78 is 5.41. The number of nitrogens with zero attached hydrogens (tertiary/aromatic N) is 1. The van der Waals surface area contributed by atoms with E-state index in [9.17, 15) is 9.59 Å². The Labute approximate surface area is 192 Å². The van der Waals surface area contributed by atoms with Gasteiger partial charge < -0.3 is 26.0 Å². The summed E-state index contributed by atoms with van der Waals surface area (Å²) in [5.74, 6) is 1.03. The number of hydrogen-bond donors (Lipinski definition) is 4. The molecule has 29 heavy (non-hydrogen) atoms. The summed E-state index contributed by atoms with van der Waals surface area (Å²) in [5.41, 5.74) is -1.01. The van der Waals surface area contributed by atoms with Crippen LogP contribution in [0.1, 0.15) is 67.2 Å². The summed E-state index contributed by atoms with van der Waals surface area (Å²) in [7, 11) is 0. The van der Waals surface area contributed by atoms with Crippen molar-refractivity contribution in [2.75, 3.05) is 26.2 Å². The second-order valence-electron chi connectivity index (χ2n) is 8.30. The van der Waals surface area contributed by atoms with Gasteiger partial charge in [-0.05, 0) is 53.4 Å². The first-order valence-corrected chi connectivity index (χ1v) is 10.5. The van der Waals surface area contributed by atoms with Crippen molar-refractivity contribution >= 4 is 41.9 Å². The standard InChI is InChI=1S/C20H39N5O3.HI/c1-7-20(8-2,25-18(27)28-19(4,5)6)14-24-17(21-9-3)23-13-12-22-16(26)15-10-11-15;/h15H,7-14H2,1-6H3,(H,22,26)(H,25,27)(H2,21,23,24);1H. The van der Waals surface area contributed by atoms with Gasteiger partial charge in [-0.1, -0.05) is 13.8 Å². The number of ether oxygens (including phenoxy) is 1. The molecule has 0 aromatic heterocycles. The Balaban J connectivity index is 0.00000784. The van der Waals surface area contributed by atoms with Crippen molar-refractivity contribution in [3.05, 3.63) is 0 Å². The van der Waals surface area contributed by atoms with E-state index in [0.717, 1.165) is 32.2 Å². The molecule has 8 nitrogen and oxygen atoms in total. The van der Waals surface area contributed by atoms with E-state index in [1.165, 1.54) is 0 Å². The molecule has 0 saturated heterocycles. The number of amides is 2. The van der Waals surface area contributed by atoms with Crippen LogP contribution in [-0.4, -0.2) is 55.3 Å². The van der Waals surface area contributed by atoms with Gasteiger partial charge in [0.25, 0.3) is 0 Å². The quantitative estimate of drug-likeness (QED) is 0.152. The molecular weight excluding hydrogens is 485 g/mol. The fraction of sp³-hybridized carbons (Fsp3) is 0.850. The molecule has 1 rings (SSSR count). The Kier molecular flexibility index (Phi) is 12.6. The Hall–Kier alpha value is -1.26. The van der Waals surface area contributed by atoms with E-state index in [2.05, 4.69) is 26.3 Å². The van der Waals surface area contributed by atoms with Gasteiger partial charge in [0.05, 0.1) is 12.1 Å². The van der Waals surface area contributed by atoms with Crippen LogP contribution < -0.4 is 21.3 Å². The number of carbonyl (C=O) groups excluding carboxylic acids is 2. The predicted octanol–water partition coefficient (Wildman–Crippen LogP) is 2.77. The zero-order chi connectivity index (χ0) is 21.2. The lowest BCUT2D eigenvalue weighted by atomic mass is 9.93. The number of alkyl carbamates (subject to hydrolysis) is 1. The van der Waals surface area contributed by atoms with Crippen LogP contribution in [-0.2, 0) is 9.53 Å². The molecule has 0 aromatic rings. The zero-order valence-electron chi connectivity index (χ0n) is 18.8. The third kappa shape index (κ3) is 11.5. The summed E-state index contributed by atoms with van der Waals surface area (Å²) in [6.45, 7) is 13.9. The molecule has 1 aliphatic rings. The smallest absolute Gasteiger partial charge is 0.408 e. The number of halogens is 1. The predicted molar refractivity (Wildman–Crippen MR) is 128 cm³/mol. The maximum absolute atomic E-state index is 12.2. The van der Waals surface area contributed by atoms with E-state index >= 15 is 0 Å². The maximum atomic E-state index is 12.2. The average Bonchev–Trinajstić information content (AvgIpc) is 3.45. The van der Waals surface area contributed by atoms with Crippen LogP contribution in [0.4, 0.5) is 4.79 Å². The van der Waals surface area contributed by atoms with E-state index in [0.29, 0.717) is 25.6 Å². The highest BCUT2D eigenvalue weighted by Crippen LogP contribution is 2.28. The lowest BCUT2D eigenvalue weighted by molar-refractivity contribution is -0.122. The molecule has 170 valence electrons. The monoisotopic (exact) mass is 525 g/mol. The van der Waals surface area contributed by atoms with Crippen LogP contribution in [0.25, 0.3) is 0 Å². The Morgan fingerprint density at radius 1 is 1.00 bits per heavy atom. The number of hydrogen-bond acceptors (Lipinski definition) is 4. The van der Waals surface area contributed by atoms with Crippen molar-refractivity contribution in [2.45, 2.75) is 78.4 Å². The Morgan fingerprint density at radius 2 is 1.59 bits per heavy atom. The topological polar surface area (TPSA) is 104 Å². The Bertz CT molecular complexity index is 541. The van der Waals surface area contributed by atoms with E-state index in [1.807, 2.05) is 41.5 Å². The van der Waals surface area contributed by atoms with Crippen molar-refractivity contribution in [1.29, 1.82) is 0 Å². The summed E-state index contributed by atoms with van der Waals surface area (Å²) in [5, 5.41) is 12.4. The largest absolute Gasteiger partial charge is 0.444 e. The molecule has 0 aliphatic heterocycles. The third-order valence-corrected chi connectivity index (χ3v) is 4.67. The number of guanidine groups is 1. The average molecular weight is 525 g/mol. The summed E-state index contributed by atoms with van der Waals surface area (Å²) in [4.78, 5) is 28.6. The summed E-state index contributed by atoms with van der Waals surface area (Å²) >= 11 is 0. The minimum atomic E-state index is -0.540. The van der Waals surface area contributed by atoms with Gasteiger partial charge in [0.2, 0.25) is 5.91 Å². The molecule has 1 fully saturated rings. The normalized spacial score (nSPS) is 14.5. The van der Waals surface area contributed by atoms with Gasteiger partial charge in [-0.2, -0.15) is 0 Å². The fourth-order valence-corrected chi connectivity index (χ4v) is 2.64. The number of nitrogens with one attached hydrogen (secondary N) is 4. The van der Waals surface area contributed by atoms with E-state index in [-0.39, 0.29) is 35.8 Å². The van der Waals surface area contributed by atoms with Gasteiger partial charge in [-0.3, -0.25) is 9.79 Å². The molecule has 0 spiro atoms. The highest BCUT2D eigenvalue weighted by atomic mass is 127. The molecule has 0 aromatic carbocycles. The molecule has 1 saturated carbocycles. The van der Waals surface area contributed by atoms with Crippen molar-refractivity contribution in [3.8, 4) is 0 Å². The summed E-state index contributed by atoms with van der Waals surface area (Å²) in [6, 6.07) is 0. The molecule has 0 radical (unpaired) electrons. The van der Waals surface area contributed by atoms with E-state index in [4.69, 9.17) is 4.74 Å². The lowest BCUT2D eigenvalue weighted by Gasteiger charge is -2.32. The van der Waals surface area contributed by atoms with Gasteiger partial charge in [-0.15, -0.1) is 24.0 Å². The minimum Gasteiger partial charge on any atom is -0.444 e. The van der Waals surface area contributed by atoms with Gasteiger partial charge >= 0.3 is 6.09 Å². The lowest BCUT2D eigenvalue weighted by Crippen LogP contribution is -2.52. The second-order valence-corrected chi connectivity index (χ2v) is 8.30. The molecular formula is C20H40IN5O3.